The van der Waals surface area contributed by atoms with Crippen molar-refractivity contribution in [3.05, 3.63) is 106 Å². The number of nitrogens with zero attached hydrogens (tertiary/aromatic N) is 8. The van der Waals surface area contributed by atoms with Crippen LogP contribution in [0.25, 0.3) is 0 Å². The molecular formula is C66H92N8O14. The molecule has 4 amide bonds. The average molecular weight is 1220 g/mol. The summed E-state index contributed by atoms with van der Waals surface area (Å²) in [5.74, 6) is -7.47. The number of carbonyl (C=O) groups excluding carboxylic acids is 8. The minimum Gasteiger partial charge on any atom is -0.451 e. The number of amides is 4. The van der Waals surface area contributed by atoms with Crippen molar-refractivity contribution in [2.75, 3.05) is 41.4 Å². The Kier molecular flexibility index (Phi) is 23.7. The number of likely N-dealkylation sites (N-methyl/N-ethyl adjacent to an activating group) is 4. The zero-order valence-corrected chi connectivity index (χ0v) is 53.9. The molecule has 0 bridgehead atoms. The highest BCUT2D eigenvalue weighted by molar-refractivity contribution is 5.94. The fourth-order valence-corrected chi connectivity index (χ4v) is 11.4. The van der Waals surface area contributed by atoms with E-state index in [9.17, 15) is 28.8 Å². The molecule has 1 saturated heterocycles. The van der Waals surface area contributed by atoms with E-state index in [1.807, 2.05) is 126 Å². The molecule has 8 atom stereocenters. The fourth-order valence-electron chi connectivity index (χ4n) is 11.4. The van der Waals surface area contributed by atoms with Crippen LogP contribution in [-0.4, -0.2) is 177 Å². The second kappa shape index (κ2) is 30.6. The highest BCUT2D eigenvalue weighted by atomic mass is 16.6. The Morgan fingerprint density at radius 2 is 0.705 bits per heavy atom. The van der Waals surface area contributed by atoms with Crippen molar-refractivity contribution >= 4 is 47.5 Å². The van der Waals surface area contributed by atoms with E-state index in [1.54, 1.807) is 0 Å². The van der Waals surface area contributed by atoms with Gasteiger partial charge in [-0.1, -0.05) is 104 Å². The molecule has 0 unspecified atom stereocenters. The molecule has 0 N–H and O–H groups in total. The van der Waals surface area contributed by atoms with Gasteiger partial charge in [0.25, 0.3) is 23.6 Å². The zero-order chi connectivity index (χ0) is 64.3. The lowest BCUT2D eigenvalue weighted by Crippen LogP contribution is -2.55. The molecular weight excluding hydrogens is 1130 g/mol. The Balaban J connectivity index is 1.23. The quantitative estimate of drug-likeness (QED) is 0.0883. The molecule has 0 aliphatic carbocycles. The van der Waals surface area contributed by atoms with Crippen LogP contribution in [0.3, 0.4) is 0 Å². The smallest absolute Gasteiger partial charge is 0.329 e. The van der Waals surface area contributed by atoms with Crippen molar-refractivity contribution in [3.8, 4) is 0 Å². The Labute approximate surface area is 517 Å². The molecule has 2 aromatic heterocycles. The predicted molar refractivity (Wildman–Crippen MR) is 325 cm³/mol. The summed E-state index contributed by atoms with van der Waals surface area (Å²) < 4.78 is 39.3. The van der Waals surface area contributed by atoms with Crippen molar-refractivity contribution in [3.63, 3.8) is 0 Å². The van der Waals surface area contributed by atoms with Gasteiger partial charge in [-0.15, -0.1) is 0 Å². The lowest BCUT2D eigenvalue weighted by atomic mass is 9.99. The van der Waals surface area contributed by atoms with Crippen molar-refractivity contribution < 1.29 is 66.8 Å². The van der Waals surface area contributed by atoms with E-state index in [2.05, 4.69) is 0 Å². The number of rotatable bonds is 16. The van der Waals surface area contributed by atoms with E-state index in [0.29, 0.717) is 50.6 Å². The van der Waals surface area contributed by atoms with Crippen LogP contribution in [0.2, 0.25) is 0 Å². The summed E-state index contributed by atoms with van der Waals surface area (Å²) in [4.78, 5) is 123. The molecule has 3 aliphatic rings. The van der Waals surface area contributed by atoms with E-state index < -0.39 is 96.1 Å². The first-order valence-corrected chi connectivity index (χ1v) is 31.0. The van der Waals surface area contributed by atoms with E-state index >= 15 is 9.59 Å². The summed E-state index contributed by atoms with van der Waals surface area (Å²) in [7, 11) is 5.60. The molecule has 22 nitrogen and oxygen atoms in total. The number of ether oxygens (including phenoxy) is 6. The molecule has 7 rings (SSSR count). The van der Waals surface area contributed by atoms with Gasteiger partial charge in [-0.25, -0.2) is 19.2 Å². The third kappa shape index (κ3) is 17.9. The van der Waals surface area contributed by atoms with Crippen LogP contribution >= 0.6 is 0 Å². The molecule has 22 heteroatoms. The van der Waals surface area contributed by atoms with Crippen LogP contribution in [0.4, 0.5) is 0 Å². The lowest BCUT2D eigenvalue weighted by Gasteiger charge is -2.35. The fraction of sp³-hybridized carbons (Fsp3) is 0.606. The number of hydrogen-bond donors (Lipinski definition) is 0. The third-order valence-electron chi connectivity index (χ3n) is 16.4. The second-order valence-electron chi connectivity index (χ2n) is 25.6. The Morgan fingerprint density at radius 3 is 1.00 bits per heavy atom. The van der Waals surface area contributed by atoms with Crippen molar-refractivity contribution in [2.24, 2.45) is 23.7 Å². The summed E-state index contributed by atoms with van der Waals surface area (Å²) >= 11 is 0. The van der Waals surface area contributed by atoms with Crippen LogP contribution in [0, 0.1) is 23.7 Å². The second-order valence-corrected chi connectivity index (χ2v) is 25.6. The summed E-state index contributed by atoms with van der Waals surface area (Å²) in [5.41, 5.74) is 7.13. The van der Waals surface area contributed by atoms with Crippen molar-refractivity contribution in [2.45, 2.75) is 195 Å². The van der Waals surface area contributed by atoms with Gasteiger partial charge in [0.05, 0.1) is 50.9 Å². The number of esters is 4. The van der Waals surface area contributed by atoms with E-state index in [1.165, 1.54) is 51.8 Å². The van der Waals surface area contributed by atoms with Gasteiger partial charge in [0, 0.05) is 77.4 Å². The largest absolute Gasteiger partial charge is 0.451 e. The molecule has 3 aliphatic heterocycles. The maximum Gasteiger partial charge on any atom is 0.329 e. The molecule has 2 aromatic carbocycles. The minimum absolute atomic E-state index is 0.0781. The van der Waals surface area contributed by atoms with E-state index in [0.717, 1.165) is 56.3 Å². The highest BCUT2D eigenvalue weighted by Gasteiger charge is 2.43. The predicted octanol–water partition coefficient (Wildman–Crippen LogP) is 6.30. The molecule has 88 heavy (non-hydrogen) atoms. The Morgan fingerprint density at radius 1 is 0.420 bits per heavy atom. The summed E-state index contributed by atoms with van der Waals surface area (Å²) in [6.07, 6.45) is -0.650. The number of benzene rings is 2. The topological polar surface area (TPSA) is 241 Å². The summed E-state index contributed by atoms with van der Waals surface area (Å²) in [6, 6.07) is 9.67. The van der Waals surface area contributed by atoms with Crippen molar-refractivity contribution in [1.29, 1.82) is 0 Å². The Hall–Kier alpha value is -7.46. The molecule has 5 heterocycles. The number of aromatic nitrogens is 4. The molecule has 1 fully saturated rings. The van der Waals surface area contributed by atoms with Gasteiger partial charge < -0.3 is 48.0 Å². The van der Waals surface area contributed by atoms with Gasteiger partial charge >= 0.3 is 23.9 Å². The van der Waals surface area contributed by atoms with Crippen LogP contribution in [-0.2, 0) is 119 Å². The first kappa shape index (κ1) is 68.0. The third-order valence-corrected chi connectivity index (χ3v) is 16.4. The number of fused-ring (bicyclic) bond motifs is 2. The van der Waals surface area contributed by atoms with Gasteiger partial charge in [0.15, 0.2) is 24.4 Å². The minimum atomic E-state index is -1.54. The van der Waals surface area contributed by atoms with Gasteiger partial charge in [-0.05, 0) is 85.5 Å². The SMILES string of the molecule is CC(C)C[C@H]1C(=O)O[C@H](Cc2ccc(Cn3cc4c(n3)CCOC4)cc2)C(=O)N(C)[C@@H](CC(C)C)C(=O)O[C@H](C)C(=O)N(C)[C@@H](CC(C)C)C(=O)O[C@H](Cc2ccc(Cn3cc4c(n3)CCOC4)cc2)C(=O)N(C)[C@@H](CC(C)C)C(=O)O[C@H](C)C(=O)N1C. The molecule has 4 aromatic rings. The van der Waals surface area contributed by atoms with Crippen LogP contribution in [0.15, 0.2) is 60.9 Å². The number of hydrogen-bond acceptors (Lipinski definition) is 16. The summed E-state index contributed by atoms with van der Waals surface area (Å²) in [5, 5.41) is 9.47. The lowest BCUT2D eigenvalue weighted by molar-refractivity contribution is -0.176. The first-order chi connectivity index (χ1) is 41.7. The van der Waals surface area contributed by atoms with Crippen molar-refractivity contribution in [1.82, 2.24) is 39.2 Å². The van der Waals surface area contributed by atoms with Gasteiger partial charge in [0.1, 0.15) is 24.2 Å². The standard InChI is InChI=1S/C66H92N8O14/c1-39(2)27-53-63(79)85-43(9)59(75)69(11)56(30-42(7)8)66(82)88-58(32-46-17-21-48(22-18-46)34-74-36-50-38-84-26-24-52(50)68-74)62(78)72(14)54(28-40(3)4)64(80)86-44(10)60(76)70(12)55(29-41(5)6)65(81)87-57(61(77)71(53)13)31-45-15-19-47(20-16-45)33-73-35-49-37-83-25-23-51(49)67-73/h15-22,35-36,39-44,53-58H,23-34,37-38H2,1-14H3/t43-,44-,53+,54+,55+,56+,57-,58-/m1/s1. The van der Waals surface area contributed by atoms with Crippen LogP contribution in [0.5, 0.6) is 0 Å². The first-order valence-electron chi connectivity index (χ1n) is 31.0. The highest BCUT2D eigenvalue weighted by Crippen LogP contribution is 2.26. The monoisotopic (exact) mass is 1220 g/mol. The molecule has 480 valence electrons. The Bertz CT molecular complexity index is 2810. The van der Waals surface area contributed by atoms with Gasteiger partial charge in [0.2, 0.25) is 0 Å². The number of cyclic esters (lactones) is 4. The number of carbonyl (C=O) groups is 8. The van der Waals surface area contributed by atoms with Gasteiger partial charge in [-0.3, -0.25) is 28.5 Å². The zero-order valence-electron chi connectivity index (χ0n) is 53.9. The average Bonchev–Trinajstić information content (AvgIpc) is 2.56. The van der Waals surface area contributed by atoms with Gasteiger partial charge in [-0.2, -0.15) is 10.2 Å². The van der Waals surface area contributed by atoms with Crippen LogP contribution < -0.4 is 0 Å². The molecule has 0 spiro atoms. The summed E-state index contributed by atoms with van der Waals surface area (Å²) in [6.45, 7) is 20.7. The maximum atomic E-state index is 15.1. The maximum absolute atomic E-state index is 15.1. The van der Waals surface area contributed by atoms with Crippen LogP contribution in [0.1, 0.15) is 140 Å². The normalized spacial score (nSPS) is 23.8. The molecule has 0 saturated carbocycles. The van der Waals surface area contributed by atoms with E-state index in [4.69, 9.17) is 38.6 Å². The molecule has 0 radical (unpaired) electrons. The van der Waals surface area contributed by atoms with E-state index in [-0.39, 0.29) is 62.2 Å².